The molecule has 0 radical (unpaired) electrons. The highest BCUT2D eigenvalue weighted by Gasteiger charge is 2.43. The number of benzene rings is 1. The maximum atomic E-state index is 14.3. The number of carbonyl (C=O) groups excluding carboxylic acids is 5. The molecule has 344 valence electrons. The van der Waals surface area contributed by atoms with Crippen LogP contribution in [0.4, 0.5) is 0 Å². The van der Waals surface area contributed by atoms with Gasteiger partial charge in [-0.25, -0.2) is 4.79 Å². The SMILES string of the molecule is CC[C@H](C)[C@@H]([C@@H](CC(=O)N1CCC[C@H]1[C@H](OC)[C@@H](C)C(=O)N[C@@H](Cc1ccccc1)C(=O)NC(CCC(=O)O)C(=O)O)OC)N(C)C(=O)[C@@H](NC(=O)[C@@H](NC)C(C)C)C(C)C. The largest absolute Gasteiger partial charge is 0.481 e. The summed E-state index contributed by atoms with van der Waals surface area (Å²) < 4.78 is 11.9. The third kappa shape index (κ3) is 15.1. The van der Waals surface area contributed by atoms with Crippen LogP contribution in [0, 0.1) is 23.7 Å². The molecule has 1 aliphatic rings. The first-order valence-corrected chi connectivity index (χ1v) is 21.4. The quantitative estimate of drug-likeness (QED) is 0.0789. The Morgan fingerprint density at radius 3 is 1.95 bits per heavy atom. The Kier molecular flexibility index (Phi) is 21.8. The average Bonchev–Trinajstić information content (AvgIpc) is 3.70. The van der Waals surface area contributed by atoms with Crippen molar-refractivity contribution in [3.8, 4) is 0 Å². The van der Waals surface area contributed by atoms with Gasteiger partial charge in [0.05, 0.1) is 42.7 Å². The number of hydrogen-bond donors (Lipinski definition) is 6. The van der Waals surface area contributed by atoms with Gasteiger partial charge in [-0.1, -0.05) is 85.2 Å². The fraction of sp³-hybridized carbons (Fsp3) is 0.705. The molecule has 1 heterocycles. The van der Waals surface area contributed by atoms with E-state index in [2.05, 4.69) is 21.3 Å². The van der Waals surface area contributed by atoms with E-state index in [9.17, 15) is 38.7 Å². The molecular weight excluding hydrogens is 789 g/mol. The molecule has 17 nitrogen and oxygen atoms in total. The van der Waals surface area contributed by atoms with E-state index < -0.39 is 84.6 Å². The van der Waals surface area contributed by atoms with Gasteiger partial charge in [-0.3, -0.25) is 28.8 Å². The van der Waals surface area contributed by atoms with Crippen LogP contribution in [0.25, 0.3) is 0 Å². The maximum absolute atomic E-state index is 14.3. The minimum Gasteiger partial charge on any atom is -0.481 e. The Hall–Kier alpha value is -4.61. The zero-order chi connectivity index (χ0) is 46.1. The predicted molar refractivity (Wildman–Crippen MR) is 229 cm³/mol. The minimum atomic E-state index is -1.49. The number of aliphatic carboxylic acids is 2. The molecule has 17 heteroatoms. The number of likely N-dealkylation sites (N-methyl/N-ethyl adjacent to an activating group) is 2. The molecule has 6 N–H and O–H groups in total. The fourth-order valence-electron chi connectivity index (χ4n) is 8.21. The molecule has 0 aromatic heterocycles. The van der Waals surface area contributed by atoms with Gasteiger partial charge in [0.1, 0.15) is 18.1 Å². The van der Waals surface area contributed by atoms with Crippen molar-refractivity contribution in [1.82, 2.24) is 31.1 Å². The number of rotatable bonds is 26. The van der Waals surface area contributed by atoms with Crippen molar-refractivity contribution in [2.24, 2.45) is 23.7 Å². The van der Waals surface area contributed by atoms with Crippen LogP contribution in [0.1, 0.15) is 92.6 Å². The van der Waals surface area contributed by atoms with Gasteiger partial charge in [0, 0.05) is 40.7 Å². The Morgan fingerprint density at radius 2 is 1.44 bits per heavy atom. The van der Waals surface area contributed by atoms with Gasteiger partial charge in [-0.05, 0) is 49.6 Å². The molecule has 0 spiro atoms. The number of amides is 5. The van der Waals surface area contributed by atoms with Crippen molar-refractivity contribution in [2.75, 3.05) is 34.9 Å². The van der Waals surface area contributed by atoms with E-state index >= 15 is 0 Å². The number of carboxylic acids is 2. The van der Waals surface area contributed by atoms with Crippen molar-refractivity contribution in [2.45, 2.75) is 142 Å². The van der Waals surface area contributed by atoms with Gasteiger partial charge >= 0.3 is 11.9 Å². The van der Waals surface area contributed by atoms with Crippen LogP contribution in [-0.4, -0.2) is 145 Å². The molecule has 0 aliphatic carbocycles. The number of methoxy groups -OCH3 is 2. The lowest BCUT2D eigenvalue weighted by Gasteiger charge is -2.41. The second-order valence-electron chi connectivity index (χ2n) is 16.9. The summed E-state index contributed by atoms with van der Waals surface area (Å²) in [5, 5.41) is 29.9. The zero-order valence-electron chi connectivity index (χ0n) is 37.9. The summed E-state index contributed by atoms with van der Waals surface area (Å²) in [5.74, 6) is -6.01. The van der Waals surface area contributed by atoms with Crippen LogP contribution in [0.5, 0.6) is 0 Å². The molecule has 1 unspecified atom stereocenters. The molecule has 10 atom stereocenters. The van der Waals surface area contributed by atoms with Gasteiger partial charge < -0.3 is 50.8 Å². The number of likely N-dealkylation sites (tertiary alicyclic amines) is 1. The Bertz CT molecular complexity index is 1610. The zero-order valence-corrected chi connectivity index (χ0v) is 37.9. The molecule has 1 saturated heterocycles. The highest BCUT2D eigenvalue weighted by molar-refractivity contribution is 5.92. The molecule has 1 fully saturated rings. The van der Waals surface area contributed by atoms with Crippen LogP contribution in [-0.2, 0) is 49.5 Å². The van der Waals surface area contributed by atoms with Gasteiger partial charge in [-0.2, -0.15) is 0 Å². The highest BCUT2D eigenvalue weighted by atomic mass is 16.5. The first-order chi connectivity index (χ1) is 28.7. The van der Waals surface area contributed by atoms with E-state index in [1.165, 1.54) is 14.2 Å². The van der Waals surface area contributed by atoms with Crippen molar-refractivity contribution in [3.05, 3.63) is 35.9 Å². The van der Waals surface area contributed by atoms with E-state index in [1.54, 1.807) is 61.2 Å². The summed E-state index contributed by atoms with van der Waals surface area (Å²) in [7, 11) is 6.34. The van der Waals surface area contributed by atoms with E-state index in [1.807, 2.05) is 41.5 Å². The number of nitrogens with one attached hydrogen (secondary N) is 4. The lowest BCUT2D eigenvalue weighted by atomic mass is 9.89. The molecule has 0 saturated carbocycles. The second kappa shape index (κ2) is 25.4. The van der Waals surface area contributed by atoms with Crippen molar-refractivity contribution in [3.63, 3.8) is 0 Å². The number of nitrogens with zero attached hydrogens (tertiary/aromatic N) is 2. The summed E-state index contributed by atoms with van der Waals surface area (Å²) in [4.78, 5) is 95.6. The molecule has 5 amide bonds. The van der Waals surface area contributed by atoms with Crippen LogP contribution in [0.15, 0.2) is 30.3 Å². The van der Waals surface area contributed by atoms with Crippen LogP contribution >= 0.6 is 0 Å². The molecule has 1 aromatic rings. The molecule has 0 bridgehead atoms. The van der Waals surface area contributed by atoms with Crippen molar-refractivity contribution in [1.29, 1.82) is 0 Å². The van der Waals surface area contributed by atoms with Gasteiger partial charge in [0.25, 0.3) is 0 Å². The number of hydrogen-bond acceptors (Lipinski definition) is 10. The first-order valence-electron chi connectivity index (χ1n) is 21.4. The molecule has 1 aromatic carbocycles. The Morgan fingerprint density at radius 1 is 0.836 bits per heavy atom. The predicted octanol–water partition coefficient (Wildman–Crippen LogP) is 2.45. The van der Waals surface area contributed by atoms with Crippen LogP contribution < -0.4 is 21.3 Å². The van der Waals surface area contributed by atoms with Crippen LogP contribution in [0.3, 0.4) is 0 Å². The normalized spacial score (nSPS) is 18.5. The average molecular weight is 861 g/mol. The maximum Gasteiger partial charge on any atom is 0.326 e. The van der Waals surface area contributed by atoms with E-state index in [0.717, 1.165) is 0 Å². The summed E-state index contributed by atoms with van der Waals surface area (Å²) >= 11 is 0. The summed E-state index contributed by atoms with van der Waals surface area (Å²) in [6, 6.07) is 3.76. The van der Waals surface area contributed by atoms with Gasteiger partial charge in [-0.15, -0.1) is 0 Å². The summed E-state index contributed by atoms with van der Waals surface area (Å²) in [5.41, 5.74) is 0.692. The van der Waals surface area contributed by atoms with E-state index in [-0.39, 0.29) is 54.7 Å². The molecule has 61 heavy (non-hydrogen) atoms. The second-order valence-corrected chi connectivity index (χ2v) is 16.9. The third-order valence-corrected chi connectivity index (χ3v) is 11.9. The smallest absolute Gasteiger partial charge is 0.326 e. The summed E-state index contributed by atoms with van der Waals surface area (Å²) in [6.45, 7) is 13.6. The standard InChI is InChI=1S/C44H72N6O11/c1-12-27(6)38(49(9)43(57)37(26(4)5)48-42(56)36(45-8)25(2)3)33(60-10)24-34(51)50-22-16-19-32(50)39(61-11)28(7)40(54)47-31(23-29-17-14-13-15-18-29)41(55)46-30(44(58)59)20-21-35(52)53/h13-15,17-18,25-28,30-33,36-39,45H,12,16,19-24H2,1-11H3,(H,46,55)(H,47,54)(H,48,56)(H,52,53)(H,58,59)/t27-,28+,30?,31-,32-,33+,36-,37-,38-,39+/m0/s1. The van der Waals surface area contributed by atoms with E-state index in [4.69, 9.17) is 14.6 Å². The number of ether oxygens (including phenoxy) is 2. The van der Waals surface area contributed by atoms with E-state index in [0.29, 0.717) is 31.4 Å². The van der Waals surface area contributed by atoms with Crippen molar-refractivity contribution >= 4 is 41.5 Å². The van der Waals surface area contributed by atoms with Crippen LogP contribution in [0.2, 0.25) is 0 Å². The number of carbonyl (C=O) groups is 7. The van der Waals surface area contributed by atoms with Gasteiger partial charge in [0.2, 0.25) is 29.5 Å². The lowest BCUT2D eigenvalue weighted by Crippen LogP contribution is -2.59. The summed E-state index contributed by atoms with van der Waals surface area (Å²) in [6.07, 6.45) is -0.550. The Labute approximate surface area is 361 Å². The first kappa shape index (κ1) is 52.5. The highest BCUT2D eigenvalue weighted by Crippen LogP contribution is 2.30. The minimum absolute atomic E-state index is 0.00778. The third-order valence-electron chi connectivity index (χ3n) is 11.9. The molecule has 1 aliphatic heterocycles. The van der Waals surface area contributed by atoms with Gasteiger partial charge in [0.15, 0.2) is 0 Å². The lowest BCUT2D eigenvalue weighted by molar-refractivity contribution is -0.148. The molecule has 2 rings (SSSR count). The topological polar surface area (TPSA) is 233 Å². The Balaban J connectivity index is 2.33. The monoisotopic (exact) mass is 861 g/mol. The fourth-order valence-corrected chi connectivity index (χ4v) is 8.21. The number of carboxylic acid groups (broad SMARTS) is 2. The molecular formula is C44H72N6O11. The van der Waals surface area contributed by atoms with Crippen molar-refractivity contribution < 1.29 is 53.2 Å².